The normalized spacial score (nSPS) is 10.9. The summed E-state index contributed by atoms with van der Waals surface area (Å²) in [4.78, 5) is 19.3. The third-order valence-corrected chi connectivity index (χ3v) is 4.10. The molecule has 2 heterocycles. The van der Waals surface area contributed by atoms with E-state index < -0.39 is 0 Å². The number of nitrogens with one attached hydrogen (secondary N) is 2. The number of aromatic amines is 1. The summed E-state index contributed by atoms with van der Waals surface area (Å²) in [6.07, 6.45) is 4.35. The first kappa shape index (κ1) is 15.2. The van der Waals surface area contributed by atoms with Gasteiger partial charge in [0.05, 0.1) is 11.7 Å². The number of hydrogen-bond acceptors (Lipinski definition) is 4. The molecule has 0 amide bonds. The van der Waals surface area contributed by atoms with Gasteiger partial charge in [-0.2, -0.15) is 0 Å². The Morgan fingerprint density at radius 3 is 2.76 bits per heavy atom. The van der Waals surface area contributed by atoms with Gasteiger partial charge in [-0.1, -0.05) is 30.3 Å². The van der Waals surface area contributed by atoms with Gasteiger partial charge in [-0.3, -0.25) is 0 Å². The molecule has 2 aromatic carbocycles. The molecule has 25 heavy (non-hydrogen) atoms. The number of H-pyrrole nitrogens is 1. The number of benzene rings is 2. The second kappa shape index (κ2) is 6.65. The van der Waals surface area contributed by atoms with Crippen LogP contribution in [0, 0.1) is 0 Å². The van der Waals surface area contributed by atoms with Gasteiger partial charge in [0.1, 0.15) is 5.76 Å². The highest BCUT2D eigenvalue weighted by molar-refractivity contribution is 5.87. The van der Waals surface area contributed by atoms with Crippen molar-refractivity contribution in [1.82, 2.24) is 9.97 Å². The largest absolute Gasteiger partial charge is 0.422 e. The molecule has 0 saturated carbocycles. The summed E-state index contributed by atoms with van der Waals surface area (Å²) in [5, 5.41) is 4.82. The molecule has 0 fully saturated rings. The molecule has 0 spiro atoms. The maximum absolute atomic E-state index is 12.3. The summed E-state index contributed by atoms with van der Waals surface area (Å²) in [7, 11) is 0. The van der Waals surface area contributed by atoms with Crippen molar-refractivity contribution in [3.63, 3.8) is 0 Å². The highest BCUT2D eigenvalue weighted by Crippen LogP contribution is 2.23. The van der Waals surface area contributed by atoms with E-state index in [2.05, 4.69) is 15.3 Å². The summed E-state index contributed by atoms with van der Waals surface area (Å²) in [5.74, 6) is 0.577. The Bertz CT molecular complexity index is 1040. The Hall–Kier alpha value is -3.34. The van der Waals surface area contributed by atoms with Crippen LogP contribution in [0.4, 0.5) is 5.69 Å². The lowest BCUT2D eigenvalue weighted by atomic mass is 10.1. The fourth-order valence-electron chi connectivity index (χ4n) is 2.81. The molecule has 0 atom stereocenters. The van der Waals surface area contributed by atoms with Crippen LogP contribution in [-0.2, 0) is 6.42 Å². The molecule has 0 aliphatic heterocycles. The van der Waals surface area contributed by atoms with Crippen molar-refractivity contribution in [2.45, 2.75) is 6.42 Å². The second-order valence-corrected chi connectivity index (χ2v) is 5.82. The molecule has 0 unspecified atom stereocenters. The van der Waals surface area contributed by atoms with E-state index in [1.165, 1.54) is 0 Å². The average Bonchev–Trinajstić information content (AvgIpc) is 3.16. The van der Waals surface area contributed by atoms with E-state index in [0.29, 0.717) is 11.1 Å². The minimum absolute atomic E-state index is 0.319. The molecule has 124 valence electrons. The zero-order valence-electron chi connectivity index (χ0n) is 13.5. The van der Waals surface area contributed by atoms with Crippen LogP contribution in [0.5, 0.6) is 0 Å². The third kappa shape index (κ3) is 3.30. The van der Waals surface area contributed by atoms with Gasteiger partial charge in [0.25, 0.3) is 0 Å². The molecule has 5 nitrogen and oxygen atoms in total. The van der Waals surface area contributed by atoms with Gasteiger partial charge in [0.15, 0.2) is 0 Å². The first-order valence-electron chi connectivity index (χ1n) is 8.14. The minimum Gasteiger partial charge on any atom is -0.422 e. The van der Waals surface area contributed by atoms with E-state index in [4.69, 9.17) is 4.42 Å². The van der Waals surface area contributed by atoms with Crippen LogP contribution in [0.1, 0.15) is 5.69 Å². The summed E-state index contributed by atoms with van der Waals surface area (Å²) >= 11 is 0. The van der Waals surface area contributed by atoms with Crippen LogP contribution in [0.25, 0.3) is 22.1 Å². The number of aromatic nitrogens is 2. The van der Waals surface area contributed by atoms with Crippen molar-refractivity contribution in [1.29, 1.82) is 0 Å². The topological polar surface area (TPSA) is 70.9 Å². The predicted octanol–water partition coefficient (Wildman–Crippen LogP) is 3.84. The van der Waals surface area contributed by atoms with Crippen LogP contribution < -0.4 is 10.9 Å². The maximum atomic E-state index is 12.3. The van der Waals surface area contributed by atoms with Crippen molar-refractivity contribution in [3.05, 3.63) is 83.2 Å². The monoisotopic (exact) mass is 331 g/mol. The van der Waals surface area contributed by atoms with Gasteiger partial charge < -0.3 is 14.7 Å². The van der Waals surface area contributed by atoms with E-state index in [-0.39, 0.29) is 5.63 Å². The predicted molar refractivity (Wildman–Crippen MR) is 98.7 cm³/mol. The smallest absolute Gasteiger partial charge is 0.344 e. The molecule has 0 bridgehead atoms. The molecule has 0 aliphatic carbocycles. The van der Waals surface area contributed by atoms with Gasteiger partial charge in [0, 0.05) is 36.1 Å². The van der Waals surface area contributed by atoms with Crippen molar-refractivity contribution >= 4 is 16.5 Å². The standard InChI is InChI=1S/C20H17N3O2/c24-20-18-7-6-16(22-9-8-17-12-21-13-23-17)10-15(18)11-19(25-20)14-4-2-1-3-5-14/h1-7,10-13,22H,8-9H2,(H,21,23). The van der Waals surface area contributed by atoms with Gasteiger partial charge in [-0.05, 0) is 29.7 Å². The number of rotatable bonds is 5. The zero-order valence-corrected chi connectivity index (χ0v) is 13.5. The molecule has 2 N–H and O–H groups in total. The van der Waals surface area contributed by atoms with Crippen molar-refractivity contribution in [2.75, 3.05) is 11.9 Å². The lowest BCUT2D eigenvalue weighted by molar-refractivity contribution is 0.535. The van der Waals surface area contributed by atoms with E-state index in [0.717, 1.165) is 35.3 Å². The van der Waals surface area contributed by atoms with E-state index >= 15 is 0 Å². The molecule has 5 heteroatoms. The second-order valence-electron chi connectivity index (χ2n) is 5.82. The Morgan fingerprint density at radius 1 is 1.08 bits per heavy atom. The fraction of sp³-hybridized carbons (Fsp3) is 0.100. The third-order valence-electron chi connectivity index (χ3n) is 4.10. The zero-order chi connectivity index (χ0) is 17.1. The molecule has 0 saturated heterocycles. The number of hydrogen-bond donors (Lipinski definition) is 2. The maximum Gasteiger partial charge on any atom is 0.344 e. The molecule has 4 aromatic rings. The number of anilines is 1. The molecular weight excluding hydrogens is 314 g/mol. The Kier molecular flexibility index (Phi) is 4.04. The summed E-state index contributed by atoms with van der Waals surface area (Å²) < 4.78 is 5.46. The number of imidazole rings is 1. The van der Waals surface area contributed by atoms with E-state index in [1.54, 1.807) is 12.4 Å². The first-order valence-corrected chi connectivity index (χ1v) is 8.14. The van der Waals surface area contributed by atoms with Gasteiger partial charge in [-0.15, -0.1) is 0 Å². The Balaban J connectivity index is 1.61. The van der Waals surface area contributed by atoms with Crippen LogP contribution in [0.15, 0.2) is 76.3 Å². The first-order chi connectivity index (χ1) is 12.3. The fourth-order valence-corrected chi connectivity index (χ4v) is 2.81. The lowest BCUT2D eigenvalue weighted by Gasteiger charge is -2.08. The van der Waals surface area contributed by atoms with Crippen molar-refractivity contribution in [3.8, 4) is 11.3 Å². The Morgan fingerprint density at radius 2 is 1.96 bits per heavy atom. The van der Waals surface area contributed by atoms with Crippen molar-refractivity contribution in [2.24, 2.45) is 0 Å². The highest BCUT2D eigenvalue weighted by Gasteiger charge is 2.07. The minimum atomic E-state index is -0.319. The molecule has 4 rings (SSSR count). The van der Waals surface area contributed by atoms with Gasteiger partial charge in [0.2, 0.25) is 0 Å². The van der Waals surface area contributed by atoms with Crippen LogP contribution in [0.2, 0.25) is 0 Å². The van der Waals surface area contributed by atoms with Gasteiger partial charge >= 0.3 is 5.63 Å². The Labute approximate surface area is 144 Å². The summed E-state index contributed by atoms with van der Waals surface area (Å²) in [6.45, 7) is 0.778. The molecule has 0 radical (unpaired) electrons. The van der Waals surface area contributed by atoms with E-state index in [1.807, 2.05) is 54.7 Å². The van der Waals surface area contributed by atoms with E-state index in [9.17, 15) is 4.79 Å². The summed E-state index contributed by atoms with van der Waals surface area (Å²) in [5.41, 5.74) is 2.62. The quantitative estimate of drug-likeness (QED) is 0.583. The molecular formula is C20H17N3O2. The van der Waals surface area contributed by atoms with Crippen LogP contribution >= 0.6 is 0 Å². The number of nitrogens with zero attached hydrogens (tertiary/aromatic N) is 1. The lowest BCUT2D eigenvalue weighted by Crippen LogP contribution is -2.06. The highest BCUT2D eigenvalue weighted by atomic mass is 16.4. The van der Waals surface area contributed by atoms with Crippen LogP contribution in [-0.4, -0.2) is 16.5 Å². The van der Waals surface area contributed by atoms with Gasteiger partial charge in [-0.25, -0.2) is 9.78 Å². The van der Waals surface area contributed by atoms with Crippen molar-refractivity contribution < 1.29 is 4.42 Å². The molecule has 0 aliphatic rings. The number of fused-ring (bicyclic) bond motifs is 1. The van der Waals surface area contributed by atoms with Crippen LogP contribution in [0.3, 0.4) is 0 Å². The SMILES string of the molecule is O=c1oc(-c2ccccc2)cc2cc(NCCc3cnc[nH]3)ccc12. The summed E-state index contributed by atoms with van der Waals surface area (Å²) in [6, 6.07) is 17.2. The average molecular weight is 331 g/mol. The molecule has 2 aromatic heterocycles.